The summed E-state index contributed by atoms with van der Waals surface area (Å²) in [4.78, 5) is -0.0295. The predicted molar refractivity (Wildman–Crippen MR) is 59.8 cm³/mol. The van der Waals surface area contributed by atoms with Crippen molar-refractivity contribution in [2.24, 2.45) is 0 Å². The first-order valence-electron chi connectivity index (χ1n) is 4.93. The van der Waals surface area contributed by atoms with Gasteiger partial charge in [-0.2, -0.15) is 13.2 Å². The van der Waals surface area contributed by atoms with Crippen LogP contribution in [0.5, 0.6) is 0 Å². The number of hydrogen-bond donors (Lipinski definition) is 1. The molecule has 0 fully saturated rings. The first kappa shape index (κ1) is 14.8. The summed E-state index contributed by atoms with van der Waals surface area (Å²) in [5, 5.41) is 0. The summed E-state index contributed by atoms with van der Waals surface area (Å²) in [6, 6.07) is 5.55. The number of alkyl halides is 3. The van der Waals surface area contributed by atoms with Gasteiger partial charge in [-0.25, -0.2) is 8.42 Å². The minimum atomic E-state index is -4.46. The van der Waals surface area contributed by atoms with E-state index in [4.69, 9.17) is 5.73 Å². The second kappa shape index (κ2) is 5.57. The van der Waals surface area contributed by atoms with E-state index in [9.17, 15) is 21.6 Å². The van der Waals surface area contributed by atoms with Crippen molar-refractivity contribution in [3.05, 3.63) is 24.3 Å². The maximum atomic E-state index is 11.8. The number of halogens is 3. The van der Waals surface area contributed by atoms with Crippen LogP contribution in [0.4, 0.5) is 18.9 Å². The highest BCUT2D eigenvalue weighted by molar-refractivity contribution is 7.91. The number of ether oxygens (including phenoxy) is 1. The Kier molecular flexibility index (Phi) is 4.58. The Morgan fingerprint density at radius 2 is 1.94 bits per heavy atom. The van der Waals surface area contributed by atoms with Crippen LogP contribution in [0.1, 0.15) is 0 Å². The number of rotatable bonds is 5. The molecule has 1 rings (SSSR count). The number of anilines is 1. The molecule has 0 aliphatic carbocycles. The fraction of sp³-hybridized carbons (Fsp3) is 0.400. The zero-order valence-corrected chi connectivity index (χ0v) is 10.1. The van der Waals surface area contributed by atoms with Gasteiger partial charge in [0.05, 0.1) is 17.3 Å². The molecule has 4 nitrogen and oxygen atoms in total. The molecule has 0 heterocycles. The monoisotopic (exact) mass is 283 g/mol. The van der Waals surface area contributed by atoms with Crippen molar-refractivity contribution in [3.8, 4) is 0 Å². The molecule has 1 aromatic carbocycles. The second-order valence-corrected chi connectivity index (χ2v) is 5.67. The molecular weight excluding hydrogens is 271 g/mol. The number of hydrogen-bond acceptors (Lipinski definition) is 4. The van der Waals surface area contributed by atoms with Crippen molar-refractivity contribution in [1.82, 2.24) is 0 Å². The van der Waals surface area contributed by atoms with Crippen LogP contribution in [0, 0.1) is 0 Å². The maximum Gasteiger partial charge on any atom is 0.411 e. The summed E-state index contributed by atoms with van der Waals surface area (Å²) in [6.07, 6.45) is -4.46. The third kappa shape index (κ3) is 4.92. The van der Waals surface area contributed by atoms with E-state index in [1.165, 1.54) is 24.3 Å². The maximum absolute atomic E-state index is 11.8. The molecule has 0 aliphatic heterocycles. The van der Waals surface area contributed by atoms with Crippen molar-refractivity contribution >= 4 is 15.5 Å². The van der Waals surface area contributed by atoms with Gasteiger partial charge in [0, 0.05) is 5.69 Å². The van der Waals surface area contributed by atoms with E-state index in [0.717, 1.165) is 0 Å². The molecule has 0 aliphatic rings. The lowest BCUT2D eigenvalue weighted by Gasteiger charge is -2.08. The molecule has 2 N–H and O–H groups in total. The van der Waals surface area contributed by atoms with Crippen LogP contribution in [0.15, 0.2) is 29.2 Å². The number of benzene rings is 1. The fourth-order valence-electron chi connectivity index (χ4n) is 1.18. The third-order valence-electron chi connectivity index (χ3n) is 1.98. The second-order valence-electron chi connectivity index (χ2n) is 3.56. The van der Waals surface area contributed by atoms with Crippen molar-refractivity contribution in [1.29, 1.82) is 0 Å². The highest BCUT2D eigenvalue weighted by Gasteiger charge is 2.27. The predicted octanol–water partition coefficient (Wildman–Crippen LogP) is 1.62. The summed E-state index contributed by atoms with van der Waals surface area (Å²) in [5.41, 5.74) is 5.69. The lowest BCUT2D eigenvalue weighted by molar-refractivity contribution is -0.172. The van der Waals surface area contributed by atoms with Gasteiger partial charge in [-0.1, -0.05) is 6.07 Å². The lowest BCUT2D eigenvalue weighted by Crippen LogP contribution is -2.20. The fourth-order valence-corrected chi connectivity index (χ4v) is 2.36. The number of nitrogens with two attached hydrogens (primary N) is 1. The van der Waals surface area contributed by atoms with E-state index in [0.29, 0.717) is 0 Å². The van der Waals surface area contributed by atoms with E-state index >= 15 is 0 Å². The van der Waals surface area contributed by atoms with Gasteiger partial charge < -0.3 is 10.5 Å². The Bertz CT molecular complexity index is 499. The Hall–Kier alpha value is -1.28. The molecule has 0 aromatic heterocycles. The zero-order chi connectivity index (χ0) is 13.8. The first-order valence-corrected chi connectivity index (χ1v) is 6.59. The minimum absolute atomic E-state index is 0.0295. The van der Waals surface area contributed by atoms with Crippen LogP contribution < -0.4 is 5.73 Å². The molecule has 0 radical (unpaired) electrons. The molecule has 0 amide bonds. The zero-order valence-electron chi connectivity index (χ0n) is 9.27. The van der Waals surface area contributed by atoms with Gasteiger partial charge in [-0.05, 0) is 18.2 Å². The molecule has 0 saturated carbocycles. The molecular formula is C10H12F3NO3S. The molecule has 0 atom stereocenters. The summed E-state index contributed by atoms with van der Waals surface area (Å²) in [7, 11) is -3.67. The quantitative estimate of drug-likeness (QED) is 0.658. The highest BCUT2D eigenvalue weighted by Crippen LogP contribution is 2.16. The molecule has 18 heavy (non-hydrogen) atoms. The van der Waals surface area contributed by atoms with E-state index in [-0.39, 0.29) is 10.6 Å². The van der Waals surface area contributed by atoms with Crippen molar-refractivity contribution in [3.63, 3.8) is 0 Å². The van der Waals surface area contributed by atoms with Gasteiger partial charge in [0.1, 0.15) is 6.61 Å². The summed E-state index contributed by atoms with van der Waals surface area (Å²) in [5.74, 6) is -0.521. The largest absolute Gasteiger partial charge is 0.411 e. The topological polar surface area (TPSA) is 69.4 Å². The normalized spacial score (nSPS) is 12.6. The van der Waals surface area contributed by atoms with E-state index in [1.54, 1.807) is 0 Å². The van der Waals surface area contributed by atoms with Crippen LogP contribution in [0.3, 0.4) is 0 Å². The smallest absolute Gasteiger partial charge is 0.399 e. The summed E-state index contributed by atoms with van der Waals surface area (Å²) >= 11 is 0. The average Bonchev–Trinajstić information content (AvgIpc) is 2.23. The van der Waals surface area contributed by atoms with E-state index in [2.05, 4.69) is 4.74 Å². The highest BCUT2D eigenvalue weighted by atomic mass is 32.2. The SMILES string of the molecule is Nc1cccc(S(=O)(=O)CCOCC(F)(F)F)c1. The van der Waals surface area contributed by atoms with E-state index in [1.807, 2.05) is 0 Å². The van der Waals surface area contributed by atoms with Crippen LogP contribution >= 0.6 is 0 Å². The first-order chi connectivity index (χ1) is 8.21. The van der Waals surface area contributed by atoms with Gasteiger partial charge in [-0.15, -0.1) is 0 Å². The number of nitrogen functional groups attached to an aromatic ring is 1. The molecule has 0 bridgehead atoms. The van der Waals surface area contributed by atoms with Crippen LogP contribution in [0.2, 0.25) is 0 Å². The molecule has 0 spiro atoms. The van der Waals surface area contributed by atoms with Crippen molar-refractivity contribution in [2.45, 2.75) is 11.1 Å². The number of sulfone groups is 1. The Balaban J connectivity index is 2.56. The standard InChI is InChI=1S/C10H12F3NO3S/c11-10(12,13)7-17-4-5-18(15,16)9-3-1-2-8(14)6-9/h1-3,6H,4-5,7,14H2. The van der Waals surface area contributed by atoms with Crippen molar-refractivity contribution < 1.29 is 26.3 Å². The summed E-state index contributed by atoms with van der Waals surface area (Å²) < 4.78 is 62.9. The Labute approximate surface area is 102 Å². The van der Waals surface area contributed by atoms with Gasteiger partial charge >= 0.3 is 6.18 Å². The van der Waals surface area contributed by atoms with Crippen LogP contribution in [-0.2, 0) is 14.6 Å². The van der Waals surface area contributed by atoms with E-state index < -0.39 is 35.0 Å². The average molecular weight is 283 g/mol. The Morgan fingerprint density at radius 3 is 2.50 bits per heavy atom. The Morgan fingerprint density at radius 1 is 1.28 bits per heavy atom. The lowest BCUT2D eigenvalue weighted by atomic mass is 10.3. The third-order valence-corrected chi connectivity index (χ3v) is 3.66. The minimum Gasteiger partial charge on any atom is -0.399 e. The van der Waals surface area contributed by atoms with Gasteiger partial charge in [-0.3, -0.25) is 0 Å². The molecule has 8 heteroatoms. The van der Waals surface area contributed by atoms with Crippen LogP contribution in [0.25, 0.3) is 0 Å². The molecule has 0 unspecified atom stereocenters. The molecule has 1 aromatic rings. The molecule has 102 valence electrons. The van der Waals surface area contributed by atoms with Crippen molar-refractivity contribution in [2.75, 3.05) is 24.7 Å². The summed E-state index contributed by atoms with van der Waals surface area (Å²) in [6.45, 7) is -1.98. The molecule has 0 saturated heterocycles. The van der Waals surface area contributed by atoms with Gasteiger partial charge in [0.2, 0.25) is 0 Å². The van der Waals surface area contributed by atoms with Gasteiger partial charge in [0.25, 0.3) is 0 Å². The van der Waals surface area contributed by atoms with Crippen LogP contribution in [-0.4, -0.2) is 33.6 Å². The van der Waals surface area contributed by atoms with Gasteiger partial charge in [0.15, 0.2) is 9.84 Å².